The lowest BCUT2D eigenvalue weighted by molar-refractivity contribution is 0.296. The maximum atomic E-state index is 6.16. The third kappa shape index (κ3) is 4.90. The number of hydrogen-bond donors (Lipinski definition) is 1. The molecule has 0 aliphatic rings. The molecule has 0 saturated heterocycles. The Labute approximate surface area is 126 Å². The standard InChI is InChI=1S/C17H25N3O/c1-13(2)20-9-7-16(19-20)12-15(18)8-10-21-17-6-4-5-14(3)11-17/h4-7,9,11,13,15H,8,10,12,18H2,1-3H3. The van der Waals surface area contributed by atoms with Crippen LogP contribution < -0.4 is 10.5 Å². The van der Waals surface area contributed by atoms with Crippen LogP contribution in [0.1, 0.15) is 37.6 Å². The van der Waals surface area contributed by atoms with Crippen molar-refractivity contribution in [2.45, 2.75) is 45.7 Å². The van der Waals surface area contributed by atoms with Gasteiger partial charge in [-0.3, -0.25) is 4.68 Å². The second-order valence-electron chi connectivity index (χ2n) is 5.80. The number of ether oxygens (including phenoxy) is 1. The summed E-state index contributed by atoms with van der Waals surface area (Å²) < 4.78 is 7.70. The molecule has 0 amide bonds. The van der Waals surface area contributed by atoms with Gasteiger partial charge in [-0.1, -0.05) is 12.1 Å². The van der Waals surface area contributed by atoms with E-state index in [1.807, 2.05) is 35.1 Å². The summed E-state index contributed by atoms with van der Waals surface area (Å²) in [6.07, 6.45) is 3.62. The molecule has 2 aromatic rings. The third-order valence-electron chi connectivity index (χ3n) is 3.41. The maximum absolute atomic E-state index is 6.16. The van der Waals surface area contributed by atoms with Crippen molar-refractivity contribution in [3.63, 3.8) is 0 Å². The minimum Gasteiger partial charge on any atom is -0.494 e. The van der Waals surface area contributed by atoms with E-state index in [1.54, 1.807) is 0 Å². The number of nitrogens with two attached hydrogens (primary N) is 1. The molecule has 1 aromatic heterocycles. The summed E-state index contributed by atoms with van der Waals surface area (Å²) in [5, 5.41) is 4.52. The molecule has 21 heavy (non-hydrogen) atoms. The SMILES string of the molecule is Cc1cccc(OCCC(N)Cc2ccn(C(C)C)n2)c1. The van der Waals surface area contributed by atoms with Crippen molar-refractivity contribution in [2.75, 3.05) is 6.61 Å². The van der Waals surface area contributed by atoms with Gasteiger partial charge < -0.3 is 10.5 Å². The van der Waals surface area contributed by atoms with Crippen molar-refractivity contribution in [1.82, 2.24) is 9.78 Å². The van der Waals surface area contributed by atoms with Gasteiger partial charge >= 0.3 is 0 Å². The molecule has 1 heterocycles. The van der Waals surface area contributed by atoms with E-state index in [0.29, 0.717) is 12.6 Å². The summed E-state index contributed by atoms with van der Waals surface area (Å²) in [6, 6.07) is 10.6. The van der Waals surface area contributed by atoms with Crippen LogP contribution >= 0.6 is 0 Å². The Morgan fingerprint density at radius 3 is 2.76 bits per heavy atom. The Kier molecular flexibility index (Phi) is 5.39. The number of hydrogen-bond acceptors (Lipinski definition) is 3. The van der Waals surface area contributed by atoms with Crippen LogP contribution in [-0.2, 0) is 6.42 Å². The zero-order valence-electron chi connectivity index (χ0n) is 13.1. The molecular formula is C17H25N3O. The zero-order chi connectivity index (χ0) is 15.2. The predicted molar refractivity (Wildman–Crippen MR) is 85.6 cm³/mol. The van der Waals surface area contributed by atoms with E-state index < -0.39 is 0 Å². The van der Waals surface area contributed by atoms with Crippen LogP contribution in [0.3, 0.4) is 0 Å². The molecule has 0 radical (unpaired) electrons. The molecule has 0 spiro atoms. The van der Waals surface area contributed by atoms with Gasteiger partial charge in [0.15, 0.2) is 0 Å². The summed E-state index contributed by atoms with van der Waals surface area (Å²) in [4.78, 5) is 0. The van der Waals surface area contributed by atoms with E-state index in [1.165, 1.54) is 5.56 Å². The van der Waals surface area contributed by atoms with Crippen LogP contribution in [0.4, 0.5) is 0 Å². The topological polar surface area (TPSA) is 53.1 Å². The van der Waals surface area contributed by atoms with E-state index in [4.69, 9.17) is 10.5 Å². The number of benzene rings is 1. The highest BCUT2D eigenvalue weighted by atomic mass is 16.5. The highest BCUT2D eigenvalue weighted by Crippen LogP contribution is 2.13. The fraction of sp³-hybridized carbons (Fsp3) is 0.471. The van der Waals surface area contributed by atoms with Crippen LogP contribution in [0.5, 0.6) is 5.75 Å². The first-order valence-electron chi connectivity index (χ1n) is 7.53. The minimum atomic E-state index is 0.0744. The lowest BCUT2D eigenvalue weighted by Gasteiger charge is -2.12. The van der Waals surface area contributed by atoms with E-state index in [-0.39, 0.29) is 6.04 Å². The van der Waals surface area contributed by atoms with Crippen molar-refractivity contribution in [3.8, 4) is 5.75 Å². The van der Waals surface area contributed by atoms with Gasteiger partial charge in [0, 0.05) is 24.7 Å². The quantitative estimate of drug-likeness (QED) is 0.851. The molecule has 1 unspecified atom stereocenters. The van der Waals surface area contributed by atoms with Gasteiger partial charge in [0.25, 0.3) is 0 Å². The molecule has 0 aliphatic heterocycles. The van der Waals surface area contributed by atoms with E-state index in [9.17, 15) is 0 Å². The average Bonchev–Trinajstić information content (AvgIpc) is 2.87. The monoisotopic (exact) mass is 287 g/mol. The Bertz CT molecular complexity index is 563. The molecule has 114 valence electrons. The molecule has 1 aromatic carbocycles. The predicted octanol–water partition coefficient (Wildman–Crippen LogP) is 3.11. The largest absolute Gasteiger partial charge is 0.494 e. The molecular weight excluding hydrogens is 262 g/mol. The summed E-state index contributed by atoms with van der Waals surface area (Å²) in [7, 11) is 0. The van der Waals surface area contributed by atoms with Crippen molar-refractivity contribution < 1.29 is 4.74 Å². The van der Waals surface area contributed by atoms with Gasteiger partial charge in [0.1, 0.15) is 5.75 Å². The van der Waals surface area contributed by atoms with Crippen LogP contribution in [0, 0.1) is 6.92 Å². The Morgan fingerprint density at radius 2 is 2.10 bits per heavy atom. The summed E-state index contributed by atoms with van der Waals surface area (Å²) in [6.45, 7) is 6.93. The van der Waals surface area contributed by atoms with Gasteiger partial charge in [-0.25, -0.2) is 0 Å². The zero-order valence-corrected chi connectivity index (χ0v) is 13.1. The summed E-state index contributed by atoms with van der Waals surface area (Å²) >= 11 is 0. The first-order chi connectivity index (χ1) is 10.0. The lowest BCUT2D eigenvalue weighted by atomic mass is 10.1. The van der Waals surface area contributed by atoms with Gasteiger partial charge in [-0.05, 0) is 51.0 Å². The van der Waals surface area contributed by atoms with E-state index in [2.05, 4.69) is 31.9 Å². The minimum absolute atomic E-state index is 0.0744. The molecule has 0 saturated carbocycles. The lowest BCUT2D eigenvalue weighted by Crippen LogP contribution is -2.25. The Hall–Kier alpha value is -1.81. The molecule has 1 atom stereocenters. The first-order valence-corrected chi connectivity index (χ1v) is 7.53. The van der Waals surface area contributed by atoms with Crippen LogP contribution in [0.25, 0.3) is 0 Å². The highest BCUT2D eigenvalue weighted by Gasteiger charge is 2.08. The van der Waals surface area contributed by atoms with Gasteiger partial charge in [-0.2, -0.15) is 5.10 Å². The maximum Gasteiger partial charge on any atom is 0.119 e. The summed E-state index contributed by atoms with van der Waals surface area (Å²) in [5.74, 6) is 0.909. The van der Waals surface area contributed by atoms with Gasteiger partial charge in [0.2, 0.25) is 0 Å². The van der Waals surface area contributed by atoms with Crippen molar-refractivity contribution in [2.24, 2.45) is 5.73 Å². The Balaban J connectivity index is 1.75. The van der Waals surface area contributed by atoms with E-state index >= 15 is 0 Å². The fourth-order valence-electron chi connectivity index (χ4n) is 2.18. The first kappa shape index (κ1) is 15.6. The molecule has 4 nitrogen and oxygen atoms in total. The smallest absolute Gasteiger partial charge is 0.119 e. The van der Waals surface area contributed by atoms with Crippen LogP contribution in [0.2, 0.25) is 0 Å². The van der Waals surface area contributed by atoms with Crippen molar-refractivity contribution in [3.05, 3.63) is 47.8 Å². The number of rotatable bonds is 7. The molecule has 0 aliphatic carbocycles. The number of nitrogens with zero attached hydrogens (tertiary/aromatic N) is 2. The molecule has 0 bridgehead atoms. The third-order valence-corrected chi connectivity index (χ3v) is 3.41. The normalized spacial score (nSPS) is 12.6. The fourth-order valence-corrected chi connectivity index (χ4v) is 2.18. The molecule has 2 N–H and O–H groups in total. The van der Waals surface area contributed by atoms with Gasteiger partial charge in [0.05, 0.1) is 12.3 Å². The summed E-state index contributed by atoms with van der Waals surface area (Å²) in [5.41, 5.74) is 8.41. The Morgan fingerprint density at radius 1 is 1.29 bits per heavy atom. The number of aryl methyl sites for hydroxylation is 1. The average molecular weight is 287 g/mol. The van der Waals surface area contributed by atoms with E-state index in [0.717, 1.165) is 24.3 Å². The van der Waals surface area contributed by atoms with Crippen molar-refractivity contribution in [1.29, 1.82) is 0 Å². The molecule has 0 fully saturated rings. The van der Waals surface area contributed by atoms with Gasteiger partial charge in [-0.15, -0.1) is 0 Å². The molecule has 2 rings (SSSR count). The highest BCUT2D eigenvalue weighted by molar-refractivity contribution is 5.27. The molecule has 4 heteroatoms. The van der Waals surface area contributed by atoms with Crippen LogP contribution in [0.15, 0.2) is 36.5 Å². The second-order valence-corrected chi connectivity index (χ2v) is 5.80. The van der Waals surface area contributed by atoms with Crippen LogP contribution in [-0.4, -0.2) is 22.4 Å². The van der Waals surface area contributed by atoms with Crippen molar-refractivity contribution >= 4 is 0 Å². The second kappa shape index (κ2) is 7.27. The number of aromatic nitrogens is 2.